The van der Waals surface area contributed by atoms with Crippen LogP contribution in [-0.2, 0) is 29.7 Å². The molecule has 32 heavy (non-hydrogen) atoms. The number of thiophene rings is 1. The van der Waals surface area contributed by atoms with Crippen molar-refractivity contribution >= 4 is 34.6 Å². The molecule has 5 rings (SSSR count). The lowest BCUT2D eigenvalue weighted by molar-refractivity contribution is -0.671. The van der Waals surface area contributed by atoms with Crippen LogP contribution in [0.5, 0.6) is 0 Å². The lowest BCUT2D eigenvalue weighted by Gasteiger charge is -2.45. The molecule has 1 unspecified atom stereocenters. The van der Waals surface area contributed by atoms with Gasteiger partial charge in [-0.1, -0.05) is 6.07 Å². The van der Waals surface area contributed by atoms with Crippen LogP contribution in [0.4, 0.5) is 11.4 Å². The number of imidazole rings is 1. The number of amides is 1. The van der Waals surface area contributed by atoms with E-state index in [0.717, 1.165) is 30.8 Å². The van der Waals surface area contributed by atoms with Crippen molar-refractivity contribution in [1.82, 2.24) is 4.57 Å². The van der Waals surface area contributed by atoms with E-state index in [1.807, 2.05) is 58.0 Å². The maximum Gasteiger partial charge on any atom is 0.338 e. The average Bonchev–Trinajstić information content (AvgIpc) is 3.48. The Kier molecular flexibility index (Phi) is 5.25. The second-order valence-corrected chi connectivity index (χ2v) is 9.65. The van der Waals surface area contributed by atoms with Crippen molar-refractivity contribution in [3.8, 4) is 0 Å². The molecule has 8 heteroatoms. The van der Waals surface area contributed by atoms with E-state index in [-0.39, 0.29) is 18.5 Å². The minimum absolute atomic E-state index is 0.111. The normalized spacial score (nSPS) is 19.8. The predicted octanol–water partition coefficient (Wildman–Crippen LogP) is 3.48. The molecule has 0 N–H and O–H groups in total. The molecule has 166 valence electrons. The summed E-state index contributed by atoms with van der Waals surface area (Å²) in [5, 5.41) is 2.07. The van der Waals surface area contributed by atoms with E-state index in [4.69, 9.17) is 4.74 Å². The van der Waals surface area contributed by atoms with Crippen LogP contribution in [0.15, 0.2) is 54.4 Å². The third-order valence-corrected chi connectivity index (χ3v) is 7.26. The first kappa shape index (κ1) is 20.8. The van der Waals surface area contributed by atoms with E-state index >= 15 is 0 Å². The van der Waals surface area contributed by atoms with Crippen molar-refractivity contribution in [2.24, 2.45) is 7.05 Å². The Balaban J connectivity index is 1.39. The Hall–Kier alpha value is -3.13. The van der Waals surface area contributed by atoms with Gasteiger partial charge in [0, 0.05) is 11.3 Å². The molecule has 1 aromatic carbocycles. The van der Waals surface area contributed by atoms with Gasteiger partial charge in [-0.3, -0.25) is 9.69 Å². The quantitative estimate of drug-likeness (QED) is 0.425. The van der Waals surface area contributed by atoms with Gasteiger partial charge in [-0.15, -0.1) is 11.3 Å². The summed E-state index contributed by atoms with van der Waals surface area (Å²) in [6.45, 7) is 3.75. The summed E-state index contributed by atoms with van der Waals surface area (Å²) >= 11 is 1.72. The predicted molar refractivity (Wildman–Crippen MR) is 123 cm³/mol. The van der Waals surface area contributed by atoms with E-state index in [9.17, 15) is 9.59 Å². The highest BCUT2D eigenvalue weighted by Gasteiger charge is 2.50. The topological polar surface area (TPSA) is 58.7 Å². The van der Waals surface area contributed by atoms with Crippen LogP contribution >= 0.6 is 11.3 Å². The van der Waals surface area contributed by atoms with Crippen LogP contribution in [0.2, 0.25) is 0 Å². The first-order valence-electron chi connectivity index (χ1n) is 10.9. The smallest absolute Gasteiger partial charge is 0.338 e. The van der Waals surface area contributed by atoms with Crippen LogP contribution in [0.25, 0.3) is 0 Å². The van der Waals surface area contributed by atoms with Gasteiger partial charge in [0.1, 0.15) is 31.2 Å². The second kappa shape index (κ2) is 8.09. The molecule has 0 spiro atoms. The molecule has 0 bridgehead atoms. The number of rotatable bonds is 6. The molecule has 1 atom stereocenters. The number of anilines is 2. The zero-order valence-corrected chi connectivity index (χ0v) is 19.2. The van der Waals surface area contributed by atoms with Gasteiger partial charge in [0.2, 0.25) is 12.2 Å². The van der Waals surface area contributed by atoms with Crippen molar-refractivity contribution < 1.29 is 18.9 Å². The maximum absolute atomic E-state index is 13.0. The van der Waals surface area contributed by atoms with Crippen LogP contribution in [0.3, 0.4) is 0 Å². The minimum atomic E-state index is -0.422. The van der Waals surface area contributed by atoms with Gasteiger partial charge in [0.05, 0.1) is 30.5 Å². The molecule has 0 radical (unpaired) electrons. The highest BCUT2D eigenvalue weighted by Crippen LogP contribution is 2.50. The number of nitrogens with zero attached hydrogens (tertiary/aromatic N) is 4. The number of hydrogen-bond donors (Lipinski definition) is 0. The van der Waals surface area contributed by atoms with Crippen molar-refractivity contribution in [2.45, 2.75) is 44.9 Å². The average molecular weight is 452 g/mol. The van der Waals surface area contributed by atoms with Crippen molar-refractivity contribution in [3.63, 3.8) is 0 Å². The first-order chi connectivity index (χ1) is 15.5. The number of benzene rings is 1. The number of aryl methyl sites for hydroxylation is 1. The van der Waals surface area contributed by atoms with Gasteiger partial charge >= 0.3 is 5.97 Å². The van der Waals surface area contributed by atoms with Crippen molar-refractivity contribution in [1.29, 1.82) is 0 Å². The van der Waals surface area contributed by atoms with E-state index in [0.29, 0.717) is 18.5 Å². The number of carbonyl (C=O) groups excluding carboxylic acids is 2. The summed E-state index contributed by atoms with van der Waals surface area (Å²) in [6.07, 6.45) is 8.11. The molecule has 2 aliphatic rings. The number of ether oxygens (including phenoxy) is 1. The number of carbonyl (C=O) groups is 2. The Morgan fingerprint density at radius 1 is 1.28 bits per heavy atom. The number of fused-ring (bicyclic) bond motifs is 3. The maximum atomic E-state index is 13.0. The highest BCUT2D eigenvalue weighted by molar-refractivity contribution is 7.09. The molecular weight excluding hydrogens is 424 g/mol. The number of hydrogen-bond acceptors (Lipinski definition) is 5. The van der Waals surface area contributed by atoms with E-state index in [2.05, 4.69) is 29.3 Å². The van der Waals surface area contributed by atoms with Crippen molar-refractivity contribution in [3.05, 3.63) is 64.9 Å². The molecule has 0 saturated carbocycles. The first-order valence-corrected chi connectivity index (χ1v) is 11.8. The zero-order chi connectivity index (χ0) is 22.3. The standard InChI is InChI=1S/C24H27N4O3S/c1-24-9-3-6-22(29)28(24)21-15-18(23(30)31-13-12-26-11-10-25(2)17-26)7-8-20(21)27(24)16-19-5-4-14-32-19/h4-5,7-8,10-11,14-15,17H,3,6,9,12-13,16H2,1-2H3/q+1. The number of esters is 1. The Bertz CT molecular complexity index is 1160. The zero-order valence-electron chi connectivity index (χ0n) is 18.4. The summed E-state index contributed by atoms with van der Waals surface area (Å²) in [6, 6.07) is 9.77. The molecule has 7 nitrogen and oxygen atoms in total. The largest absolute Gasteiger partial charge is 0.458 e. The fraction of sp³-hybridized carbons (Fsp3) is 0.375. The van der Waals surface area contributed by atoms with Crippen molar-refractivity contribution in [2.75, 3.05) is 16.4 Å². The Morgan fingerprint density at radius 3 is 2.91 bits per heavy atom. The molecule has 1 fully saturated rings. The van der Waals surface area contributed by atoms with Gasteiger partial charge < -0.3 is 9.64 Å². The molecule has 1 amide bonds. The van der Waals surface area contributed by atoms with E-state index in [1.54, 1.807) is 11.3 Å². The molecule has 3 aromatic rings. The number of aromatic nitrogens is 2. The summed E-state index contributed by atoms with van der Waals surface area (Å²) in [7, 11) is 1.95. The summed E-state index contributed by atoms with van der Waals surface area (Å²) in [4.78, 5) is 31.2. The molecule has 2 aromatic heterocycles. The molecule has 0 aliphatic carbocycles. The van der Waals surface area contributed by atoms with Gasteiger partial charge in [-0.2, -0.15) is 0 Å². The second-order valence-electron chi connectivity index (χ2n) is 8.62. The SMILES string of the molecule is C[n+]1ccn(CCOC(=O)c2ccc3c(c2)N2C(=O)CCCC2(C)N3Cc2cccs2)c1. The van der Waals surface area contributed by atoms with Crippen LogP contribution in [0, 0.1) is 0 Å². The van der Waals surface area contributed by atoms with E-state index in [1.165, 1.54) is 4.88 Å². The van der Waals surface area contributed by atoms with Gasteiger partial charge in [0.25, 0.3) is 0 Å². The third kappa shape index (κ3) is 3.58. The molecular formula is C24H27N4O3S+. The van der Waals surface area contributed by atoms with Gasteiger partial charge in [0.15, 0.2) is 0 Å². The van der Waals surface area contributed by atoms with Gasteiger partial charge in [-0.25, -0.2) is 13.9 Å². The highest BCUT2D eigenvalue weighted by atomic mass is 32.1. The molecule has 2 aliphatic heterocycles. The van der Waals surface area contributed by atoms with E-state index < -0.39 is 5.66 Å². The van der Waals surface area contributed by atoms with Crippen LogP contribution in [0.1, 0.15) is 41.4 Å². The fourth-order valence-electron chi connectivity index (χ4n) is 4.81. The monoisotopic (exact) mass is 451 g/mol. The minimum Gasteiger partial charge on any atom is -0.458 e. The fourth-order valence-corrected chi connectivity index (χ4v) is 5.50. The number of piperidine rings is 1. The molecule has 1 saturated heterocycles. The lowest BCUT2D eigenvalue weighted by Crippen LogP contribution is -2.59. The summed E-state index contributed by atoms with van der Waals surface area (Å²) in [5.74, 6) is -0.258. The lowest BCUT2D eigenvalue weighted by atomic mass is 9.96. The summed E-state index contributed by atoms with van der Waals surface area (Å²) in [5.41, 5.74) is 1.85. The third-order valence-electron chi connectivity index (χ3n) is 6.40. The van der Waals surface area contributed by atoms with Gasteiger partial charge in [-0.05, 0) is 49.4 Å². The summed E-state index contributed by atoms with van der Waals surface area (Å²) < 4.78 is 9.43. The van der Waals surface area contributed by atoms with Crippen LogP contribution in [-0.4, -0.2) is 28.7 Å². The Morgan fingerprint density at radius 2 is 2.16 bits per heavy atom. The molecule has 4 heterocycles. The van der Waals surface area contributed by atoms with Crippen LogP contribution < -0.4 is 14.4 Å². The Labute approximate surface area is 191 Å².